The number of anilines is 1. The van der Waals surface area contributed by atoms with Crippen molar-refractivity contribution in [1.29, 1.82) is 0 Å². The molecular weight excluding hydrogens is 281 g/mol. The number of hydrogen-bond acceptors (Lipinski definition) is 2. The van der Waals surface area contributed by atoms with Crippen LogP contribution in [0.1, 0.15) is 15.9 Å². The van der Waals surface area contributed by atoms with Gasteiger partial charge in [0.2, 0.25) is 0 Å². The molecule has 0 aliphatic carbocycles. The highest BCUT2D eigenvalue weighted by molar-refractivity contribution is 6.34. The summed E-state index contributed by atoms with van der Waals surface area (Å²) in [5.74, 6) is -1.25. The molecule has 0 bridgehead atoms. The minimum absolute atomic E-state index is 0.0660. The summed E-state index contributed by atoms with van der Waals surface area (Å²) in [6.45, 7) is 0.0660. The van der Waals surface area contributed by atoms with Gasteiger partial charge in [-0.25, -0.2) is 4.39 Å². The van der Waals surface area contributed by atoms with Crippen LogP contribution in [0.5, 0.6) is 0 Å². The van der Waals surface area contributed by atoms with Gasteiger partial charge in [-0.3, -0.25) is 4.79 Å². The number of benzene rings is 2. The van der Waals surface area contributed by atoms with E-state index >= 15 is 0 Å². The van der Waals surface area contributed by atoms with Gasteiger partial charge in [-0.05, 0) is 36.2 Å². The van der Waals surface area contributed by atoms with E-state index in [-0.39, 0.29) is 17.2 Å². The first kappa shape index (κ1) is 14.5. The van der Waals surface area contributed by atoms with Crippen LogP contribution >= 0.6 is 11.6 Å². The summed E-state index contributed by atoms with van der Waals surface area (Å²) >= 11 is 5.83. The Kier molecular flexibility index (Phi) is 4.71. The topological polar surface area (TPSA) is 49.3 Å². The Bertz CT molecular complexity index is 594. The van der Waals surface area contributed by atoms with Gasteiger partial charge < -0.3 is 10.4 Å². The maximum Gasteiger partial charge on any atom is 0.260 e. The molecule has 0 atom stereocenters. The normalized spacial score (nSPS) is 10.3. The van der Waals surface area contributed by atoms with Crippen LogP contribution < -0.4 is 5.32 Å². The van der Waals surface area contributed by atoms with Crippen molar-refractivity contribution in [3.8, 4) is 0 Å². The van der Waals surface area contributed by atoms with E-state index in [2.05, 4.69) is 5.32 Å². The minimum Gasteiger partial charge on any atom is -0.396 e. The summed E-state index contributed by atoms with van der Waals surface area (Å²) in [5, 5.41) is 11.5. The Balaban J connectivity index is 2.15. The van der Waals surface area contributed by atoms with E-state index in [1.54, 1.807) is 24.3 Å². The average Bonchev–Trinajstić information content (AvgIpc) is 2.41. The van der Waals surface area contributed by atoms with Crippen LogP contribution in [-0.2, 0) is 6.42 Å². The summed E-state index contributed by atoms with van der Waals surface area (Å²) in [5.41, 5.74) is 1.32. The second-order valence-corrected chi connectivity index (χ2v) is 4.63. The number of aliphatic hydroxyl groups is 1. The maximum absolute atomic E-state index is 13.6. The molecule has 1 amide bonds. The van der Waals surface area contributed by atoms with E-state index in [1.807, 2.05) is 0 Å². The molecule has 3 nitrogen and oxygen atoms in total. The Morgan fingerprint density at radius 1 is 1.20 bits per heavy atom. The predicted octanol–water partition coefficient (Wildman–Crippen LogP) is 3.27. The monoisotopic (exact) mass is 293 g/mol. The fourth-order valence-electron chi connectivity index (χ4n) is 1.79. The highest BCUT2D eigenvalue weighted by Crippen LogP contribution is 2.20. The second kappa shape index (κ2) is 6.50. The molecule has 0 saturated carbocycles. The summed E-state index contributed by atoms with van der Waals surface area (Å²) in [6.07, 6.45) is 0.549. The molecular formula is C15H13ClFNO2. The highest BCUT2D eigenvalue weighted by Gasteiger charge is 2.15. The first-order valence-electron chi connectivity index (χ1n) is 6.07. The van der Waals surface area contributed by atoms with Gasteiger partial charge in [0.15, 0.2) is 0 Å². The molecule has 5 heteroatoms. The SMILES string of the molecule is O=C(Nc1ccc(CCO)cc1)c1c(F)cccc1Cl. The fourth-order valence-corrected chi connectivity index (χ4v) is 2.04. The lowest BCUT2D eigenvalue weighted by atomic mass is 10.1. The first-order chi connectivity index (χ1) is 9.61. The zero-order chi connectivity index (χ0) is 14.5. The van der Waals surface area contributed by atoms with E-state index in [0.717, 1.165) is 5.56 Å². The molecule has 0 heterocycles. The van der Waals surface area contributed by atoms with Gasteiger partial charge in [0.1, 0.15) is 5.82 Å². The molecule has 0 spiro atoms. The molecule has 104 valence electrons. The molecule has 20 heavy (non-hydrogen) atoms. The minimum atomic E-state index is -0.660. The molecule has 2 N–H and O–H groups in total. The summed E-state index contributed by atoms with van der Waals surface area (Å²) in [4.78, 5) is 12.0. The average molecular weight is 294 g/mol. The largest absolute Gasteiger partial charge is 0.396 e. The van der Waals surface area contributed by atoms with Crippen LogP contribution in [0.3, 0.4) is 0 Å². The third kappa shape index (κ3) is 3.35. The molecule has 2 aromatic carbocycles. The molecule has 0 aliphatic rings. The van der Waals surface area contributed by atoms with Crippen molar-refractivity contribution in [2.45, 2.75) is 6.42 Å². The Morgan fingerprint density at radius 3 is 2.50 bits per heavy atom. The summed E-state index contributed by atoms with van der Waals surface area (Å²) < 4.78 is 13.6. The van der Waals surface area contributed by atoms with E-state index in [4.69, 9.17) is 16.7 Å². The quantitative estimate of drug-likeness (QED) is 0.909. The van der Waals surface area contributed by atoms with Gasteiger partial charge >= 0.3 is 0 Å². The van der Waals surface area contributed by atoms with Crippen molar-refractivity contribution < 1.29 is 14.3 Å². The predicted molar refractivity (Wildman–Crippen MR) is 76.6 cm³/mol. The van der Waals surface area contributed by atoms with Crippen molar-refractivity contribution in [2.24, 2.45) is 0 Å². The molecule has 0 aromatic heterocycles. The zero-order valence-electron chi connectivity index (χ0n) is 10.6. The Morgan fingerprint density at radius 2 is 1.90 bits per heavy atom. The van der Waals surface area contributed by atoms with E-state index in [1.165, 1.54) is 18.2 Å². The van der Waals surface area contributed by atoms with Crippen molar-refractivity contribution in [3.05, 3.63) is 64.4 Å². The third-order valence-corrected chi connectivity index (χ3v) is 3.12. The number of aliphatic hydroxyl groups excluding tert-OH is 1. The Hall–Kier alpha value is -1.91. The standard InChI is InChI=1S/C15H13ClFNO2/c16-12-2-1-3-13(17)14(12)15(20)18-11-6-4-10(5-7-11)8-9-19/h1-7,19H,8-9H2,(H,18,20). The van der Waals surface area contributed by atoms with E-state index in [9.17, 15) is 9.18 Å². The van der Waals surface area contributed by atoms with Gasteiger partial charge in [-0.15, -0.1) is 0 Å². The smallest absolute Gasteiger partial charge is 0.260 e. The van der Waals surface area contributed by atoms with Gasteiger partial charge in [-0.2, -0.15) is 0 Å². The van der Waals surface area contributed by atoms with Gasteiger partial charge in [0.25, 0.3) is 5.91 Å². The van der Waals surface area contributed by atoms with Crippen molar-refractivity contribution >= 4 is 23.2 Å². The lowest BCUT2D eigenvalue weighted by molar-refractivity contribution is 0.102. The number of nitrogens with one attached hydrogen (secondary N) is 1. The summed E-state index contributed by atoms with van der Waals surface area (Å²) in [7, 11) is 0. The molecule has 0 unspecified atom stereocenters. The molecule has 0 radical (unpaired) electrons. The Labute approximate surface area is 121 Å². The highest BCUT2D eigenvalue weighted by atomic mass is 35.5. The number of carbonyl (C=O) groups is 1. The number of rotatable bonds is 4. The molecule has 0 aliphatic heterocycles. The van der Waals surface area contributed by atoms with E-state index in [0.29, 0.717) is 12.1 Å². The number of hydrogen-bond donors (Lipinski definition) is 2. The second-order valence-electron chi connectivity index (χ2n) is 4.22. The van der Waals surface area contributed by atoms with Gasteiger partial charge in [0.05, 0.1) is 10.6 Å². The molecule has 0 saturated heterocycles. The van der Waals surface area contributed by atoms with Crippen LogP contribution in [0.4, 0.5) is 10.1 Å². The molecule has 0 fully saturated rings. The fraction of sp³-hybridized carbons (Fsp3) is 0.133. The van der Waals surface area contributed by atoms with Gasteiger partial charge in [-0.1, -0.05) is 29.8 Å². The van der Waals surface area contributed by atoms with Crippen LogP contribution in [0.2, 0.25) is 5.02 Å². The molecule has 2 rings (SSSR count). The van der Waals surface area contributed by atoms with Crippen LogP contribution in [0, 0.1) is 5.82 Å². The maximum atomic E-state index is 13.6. The van der Waals surface area contributed by atoms with Crippen molar-refractivity contribution in [2.75, 3.05) is 11.9 Å². The van der Waals surface area contributed by atoms with Gasteiger partial charge in [0, 0.05) is 12.3 Å². The van der Waals surface area contributed by atoms with E-state index < -0.39 is 11.7 Å². The lowest BCUT2D eigenvalue weighted by Gasteiger charge is -2.08. The first-order valence-corrected chi connectivity index (χ1v) is 6.45. The summed E-state index contributed by atoms with van der Waals surface area (Å²) in [6, 6.07) is 11.0. The lowest BCUT2D eigenvalue weighted by Crippen LogP contribution is -2.14. The zero-order valence-corrected chi connectivity index (χ0v) is 11.3. The third-order valence-electron chi connectivity index (χ3n) is 2.80. The number of carbonyl (C=O) groups excluding carboxylic acids is 1. The number of halogens is 2. The van der Waals surface area contributed by atoms with Crippen LogP contribution in [0.15, 0.2) is 42.5 Å². The van der Waals surface area contributed by atoms with Crippen LogP contribution in [-0.4, -0.2) is 17.6 Å². The van der Waals surface area contributed by atoms with Crippen molar-refractivity contribution in [1.82, 2.24) is 0 Å². The molecule has 2 aromatic rings. The van der Waals surface area contributed by atoms with Crippen molar-refractivity contribution in [3.63, 3.8) is 0 Å². The number of amides is 1. The van der Waals surface area contributed by atoms with Crippen LogP contribution in [0.25, 0.3) is 0 Å².